The van der Waals surface area contributed by atoms with Crippen molar-refractivity contribution >= 4 is 35.5 Å². The van der Waals surface area contributed by atoms with E-state index in [0.29, 0.717) is 16.1 Å². The van der Waals surface area contributed by atoms with E-state index in [4.69, 9.17) is 25.5 Å². The van der Waals surface area contributed by atoms with Gasteiger partial charge in [0.05, 0.1) is 6.26 Å². The fourth-order valence-electron chi connectivity index (χ4n) is 2.51. The predicted molar refractivity (Wildman–Crippen MR) is 102 cm³/mol. The normalized spacial score (nSPS) is 14.7. The molecule has 6 nitrogen and oxygen atoms in total. The van der Waals surface area contributed by atoms with Crippen LogP contribution in [0.15, 0.2) is 82.0 Å². The number of rotatable bonds is 4. The van der Waals surface area contributed by atoms with Crippen molar-refractivity contribution in [2.45, 2.75) is 0 Å². The summed E-state index contributed by atoms with van der Waals surface area (Å²) in [6.07, 6.45) is 2.88. The highest BCUT2D eigenvalue weighted by Crippen LogP contribution is 2.25. The molecule has 0 N–H and O–H groups in total. The van der Waals surface area contributed by atoms with Gasteiger partial charge >= 0.3 is 11.9 Å². The van der Waals surface area contributed by atoms with E-state index in [0.717, 1.165) is 0 Å². The number of esters is 2. The van der Waals surface area contributed by atoms with Crippen LogP contribution >= 0.6 is 11.6 Å². The molecule has 0 bridgehead atoms. The minimum absolute atomic E-state index is 0.0748. The number of carbonyl (C=O) groups excluding carboxylic acids is 2. The third-order valence-electron chi connectivity index (χ3n) is 3.85. The number of cyclic esters (lactones) is 1. The van der Waals surface area contributed by atoms with Gasteiger partial charge < -0.3 is 13.9 Å². The van der Waals surface area contributed by atoms with Gasteiger partial charge in [-0.1, -0.05) is 29.8 Å². The molecule has 0 aliphatic carbocycles. The summed E-state index contributed by atoms with van der Waals surface area (Å²) in [5.74, 6) is -0.726. The van der Waals surface area contributed by atoms with Crippen LogP contribution < -0.4 is 4.74 Å². The molecule has 28 heavy (non-hydrogen) atoms. The SMILES string of the molecule is O=C1OC(c2ccc(Cl)cc2)=NC1=Cc1ccccc1OC(=O)c1ccco1. The highest BCUT2D eigenvalue weighted by Gasteiger charge is 2.25. The van der Waals surface area contributed by atoms with Crippen LogP contribution in [0.4, 0.5) is 0 Å². The van der Waals surface area contributed by atoms with Crippen LogP contribution in [-0.4, -0.2) is 17.8 Å². The molecule has 0 atom stereocenters. The number of halogens is 1. The van der Waals surface area contributed by atoms with Crippen LogP contribution in [0.1, 0.15) is 21.7 Å². The lowest BCUT2D eigenvalue weighted by Gasteiger charge is -2.06. The van der Waals surface area contributed by atoms with Gasteiger partial charge in [-0.05, 0) is 48.5 Å². The molecular weight excluding hydrogens is 382 g/mol. The van der Waals surface area contributed by atoms with Gasteiger partial charge in [-0.25, -0.2) is 14.6 Å². The fourth-order valence-corrected chi connectivity index (χ4v) is 2.64. The van der Waals surface area contributed by atoms with E-state index in [1.807, 2.05) is 0 Å². The third-order valence-corrected chi connectivity index (χ3v) is 4.10. The highest BCUT2D eigenvalue weighted by molar-refractivity contribution is 6.30. The van der Waals surface area contributed by atoms with Crippen LogP contribution in [0.2, 0.25) is 5.02 Å². The second-order valence-electron chi connectivity index (χ2n) is 5.75. The lowest BCUT2D eigenvalue weighted by atomic mass is 10.1. The number of ether oxygens (including phenoxy) is 2. The molecule has 0 unspecified atom stereocenters. The molecule has 2 heterocycles. The summed E-state index contributed by atoms with van der Waals surface area (Å²) in [5.41, 5.74) is 1.21. The maximum Gasteiger partial charge on any atom is 0.379 e. The molecule has 138 valence electrons. The molecule has 0 saturated carbocycles. The molecule has 4 rings (SSSR count). The second-order valence-corrected chi connectivity index (χ2v) is 6.18. The smallest absolute Gasteiger partial charge is 0.379 e. The molecule has 0 radical (unpaired) electrons. The first-order chi connectivity index (χ1) is 13.6. The first kappa shape index (κ1) is 17.8. The van der Waals surface area contributed by atoms with E-state index in [1.54, 1.807) is 54.6 Å². The van der Waals surface area contributed by atoms with Crippen LogP contribution in [0.5, 0.6) is 5.75 Å². The van der Waals surface area contributed by atoms with Crippen molar-refractivity contribution in [1.29, 1.82) is 0 Å². The van der Waals surface area contributed by atoms with Crippen molar-refractivity contribution in [1.82, 2.24) is 0 Å². The minimum Gasteiger partial charge on any atom is -0.457 e. The Morgan fingerprint density at radius 1 is 1.04 bits per heavy atom. The van der Waals surface area contributed by atoms with Crippen molar-refractivity contribution in [2.75, 3.05) is 0 Å². The number of aliphatic imine (C=N–C) groups is 1. The van der Waals surface area contributed by atoms with Crippen LogP contribution in [0.25, 0.3) is 6.08 Å². The Bertz CT molecular complexity index is 1100. The van der Waals surface area contributed by atoms with Crippen molar-refractivity contribution in [3.8, 4) is 5.75 Å². The van der Waals surface area contributed by atoms with Crippen LogP contribution in [0.3, 0.4) is 0 Å². The van der Waals surface area contributed by atoms with Crippen molar-refractivity contribution < 1.29 is 23.5 Å². The summed E-state index contributed by atoms with van der Waals surface area (Å²) < 4.78 is 15.6. The molecule has 0 fully saturated rings. The summed E-state index contributed by atoms with van der Waals surface area (Å²) in [4.78, 5) is 28.6. The first-order valence-electron chi connectivity index (χ1n) is 8.23. The van der Waals surface area contributed by atoms with E-state index >= 15 is 0 Å². The topological polar surface area (TPSA) is 78.1 Å². The average Bonchev–Trinajstić information content (AvgIpc) is 3.35. The zero-order chi connectivity index (χ0) is 19.5. The standard InChI is InChI=1S/C21H12ClNO5/c22-15-9-7-13(8-10-15)19-23-16(20(24)28-19)12-14-4-1-2-5-17(14)27-21(25)18-6-3-11-26-18/h1-12H. The summed E-state index contributed by atoms with van der Waals surface area (Å²) in [5, 5.41) is 0.566. The van der Waals surface area contributed by atoms with E-state index in [9.17, 15) is 9.59 Å². The average molecular weight is 394 g/mol. The molecular formula is C21H12ClNO5. The molecule has 2 aromatic carbocycles. The Labute approximate surface area is 164 Å². The van der Waals surface area contributed by atoms with E-state index in [1.165, 1.54) is 18.4 Å². The largest absolute Gasteiger partial charge is 0.457 e. The van der Waals surface area contributed by atoms with Gasteiger partial charge in [-0.3, -0.25) is 0 Å². The molecule has 1 aliphatic rings. The molecule has 1 aliphatic heterocycles. The number of benzene rings is 2. The van der Waals surface area contributed by atoms with Crippen molar-refractivity contribution in [2.24, 2.45) is 4.99 Å². The summed E-state index contributed by atoms with van der Waals surface area (Å²) >= 11 is 5.87. The number of carbonyl (C=O) groups is 2. The zero-order valence-corrected chi connectivity index (χ0v) is 15.1. The summed E-state index contributed by atoms with van der Waals surface area (Å²) in [6.45, 7) is 0. The monoisotopic (exact) mass is 393 g/mol. The molecule has 0 spiro atoms. The third kappa shape index (κ3) is 3.72. The fraction of sp³-hybridized carbons (Fsp3) is 0. The molecule has 1 aromatic heterocycles. The lowest BCUT2D eigenvalue weighted by molar-refractivity contribution is -0.129. The van der Waals surface area contributed by atoms with Gasteiger partial charge in [0.15, 0.2) is 5.70 Å². The molecule has 0 saturated heterocycles. The number of para-hydroxylation sites is 1. The Morgan fingerprint density at radius 3 is 2.57 bits per heavy atom. The van der Waals surface area contributed by atoms with Crippen molar-refractivity contribution in [3.05, 3.63) is 94.5 Å². The highest BCUT2D eigenvalue weighted by atomic mass is 35.5. The van der Waals surface area contributed by atoms with E-state index < -0.39 is 11.9 Å². The Balaban J connectivity index is 1.62. The van der Waals surface area contributed by atoms with E-state index in [2.05, 4.69) is 4.99 Å². The van der Waals surface area contributed by atoms with Gasteiger partial charge in [0.25, 0.3) is 0 Å². The number of hydrogen-bond acceptors (Lipinski definition) is 6. The van der Waals surface area contributed by atoms with Crippen molar-refractivity contribution in [3.63, 3.8) is 0 Å². The van der Waals surface area contributed by atoms with Gasteiger partial charge in [-0.15, -0.1) is 0 Å². The number of furan rings is 1. The Hall–Kier alpha value is -3.64. The van der Waals surface area contributed by atoms with Crippen LogP contribution in [0, 0.1) is 0 Å². The second kappa shape index (κ2) is 7.54. The molecule has 3 aromatic rings. The summed E-state index contributed by atoms with van der Waals surface area (Å²) in [6, 6.07) is 16.6. The Morgan fingerprint density at radius 2 is 1.82 bits per heavy atom. The van der Waals surface area contributed by atoms with Gasteiger partial charge in [0.2, 0.25) is 11.7 Å². The van der Waals surface area contributed by atoms with Gasteiger partial charge in [-0.2, -0.15) is 0 Å². The molecule has 0 amide bonds. The van der Waals surface area contributed by atoms with Gasteiger partial charge in [0.1, 0.15) is 5.75 Å². The molecule has 7 heteroatoms. The zero-order valence-electron chi connectivity index (χ0n) is 14.3. The first-order valence-corrected chi connectivity index (χ1v) is 8.61. The minimum atomic E-state index is -0.643. The quantitative estimate of drug-likeness (QED) is 0.370. The maximum absolute atomic E-state index is 12.2. The lowest BCUT2D eigenvalue weighted by Crippen LogP contribution is -2.08. The summed E-state index contributed by atoms with van der Waals surface area (Å²) in [7, 11) is 0. The maximum atomic E-state index is 12.2. The predicted octanol–water partition coefficient (Wildman–Crippen LogP) is 4.50. The number of hydrogen-bond donors (Lipinski definition) is 0. The van der Waals surface area contributed by atoms with Crippen LogP contribution in [-0.2, 0) is 9.53 Å². The Kier molecular flexibility index (Phi) is 4.78. The number of nitrogens with zero attached hydrogens (tertiary/aromatic N) is 1. The van der Waals surface area contributed by atoms with E-state index in [-0.39, 0.29) is 23.1 Å². The van der Waals surface area contributed by atoms with Gasteiger partial charge in [0, 0.05) is 16.1 Å².